The third-order valence-electron chi connectivity index (χ3n) is 2.57. The van der Waals surface area contributed by atoms with Gasteiger partial charge < -0.3 is 15.5 Å². The Labute approximate surface area is 115 Å². The summed E-state index contributed by atoms with van der Waals surface area (Å²) in [6, 6.07) is 10.0. The lowest BCUT2D eigenvalue weighted by Gasteiger charge is -2.15. The molecule has 0 aliphatic heterocycles. The summed E-state index contributed by atoms with van der Waals surface area (Å²) in [6.07, 6.45) is 0. The summed E-state index contributed by atoms with van der Waals surface area (Å²) >= 11 is 2.24. The van der Waals surface area contributed by atoms with E-state index in [1.807, 2.05) is 37.3 Å². The Balaban J connectivity index is 2.15. The lowest BCUT2D eigenvalue weighted by atomic mass is 10.2. The van der Waals surface area contributed by atoms with Crippen molar-refractivity contribution in [2.45, 2.75) is 19.9 Å². The van der Waals surface area contributed by atoms with Crippen LogP contribution in [0.15, 0.2) is 34.7 Å². The van der Waals surface area contributed by atoms with Gasteiger partial charge in [-0.3, -0.25) is 0 Å². The highest BCUT2D eigenvalue weighted by Crippen LogP contribution is 2.26. The van der Waals surface area contributed by atoms with Crippen LogP contribution in [0.25, 0.3) is 0 Å². The SMILES string of the molecule is Cc1ccc(C(C)Nc2ccc(I)cc2N)o1. The van der Waals surface area contributed by atoms with Crippen LogP contribution in [-0.4, -0.2) is 0 Å². The highest BCUT2D eigenvalue weighted by atomic mass is 127. The topological polar surface area (TPSA) is 51.2 Å². The van der Waals surface area contributed by atoms with E-state index in [1.54, 1.807) is 0 Å². The molecule has 3 N–H and O–H groups in total. The number of anilines is 2. The molecule has 0 radical (unpaired) electrons. The Bertz CT molecular complexity index is 522. The van der Waals surface area contributed by atoms with Crippen molar-refractivity contribution in [2.75, 3.05) is 11.1 Å². The van der Waals surface area contributed by atoms with Crippen LogP contribution in [0, 0.1) is 10.5 Å². The number of nitrogen functional groups attached to an aromatic ring is 1. The molecule has 0 fully saturated rings. The highest BCUT2D eigenvalue weighted by molar-refractivity contribution is 14.1. The second-order valence-corrected chi connectivity index (χ2v) is 5.29. The molecule has 90 valence electrons. The van der Waals surface area contributed by atoms with Crippen LogP contribution >= 0.6 is 22.6 Å². The van der Waals surface area contributed by atoms with E-state index in [4.69, 9.17) is 10.2 Å². The summed E-state index contributed by atoms with van der Waals surface area (Å²) < 4.78 is 6.71. The van der Waals surface area contributed by atoms with Gasteiger partial charge in [0, 0.05) is 3.57 Å². The molecule has 0 bridgehead atoms. The van der Waals surface area contributed by atoms with Gasteiger partial charge in [-0.15, -0.1) is 0 Å². The van der Waals surface area contributed by atoms with Crippen molar-refractivity contribution in [1.29, 1.82) is 0 Å². The minimum atomic E-state index is 0.103. The summed E-state index contributed by atoms with van der Waals surface area (Å²) in [4.78, 5) is 0. The van der Waals surface area contributed by atoms with Crippen LogP contribution in [0.4, 0.5) is 11.4 Å². The van der Waals surface area contributed by atoms with Crippen molar-refractivity contribution in [3.8, 4) is 0 Å². The first-order valence-electron chi connectivity index (χ1n) is 5.44. The molecule has 2 rings (SSSR count). The zero-order valence-electron chi connectivity index (χ0n) is 9.83. The Morgan fingerprint density at radius 1 is 1.29 bits per heavy atom. The number of hydrogen-bond donors (Lipinski definition) is 2. The summed E-state index contributed by atoms with van der Waals surface area (Å²) in [7, 11) is 0. The van der Waals surface area contributed by atoms with Gasteiger partial charge in [0.05, 0.1) is 17.4 Å². The Hall–Kier alpha value is -1.17. The molecular weight excluding hydrogens is 327 g/mol. The first kappa shape index (κ1) is 12.3. The maximum atomic E-state index is 5.96. The van der Waals surface area contributed by atoms with Crippen molar-refractivity contribution in [2.24, 2.45) is 0 Å². The number of benzene rings is 1. The van der Waals surface area contributed by atoms with Gasteiger partial charge in [0.25, 0.3) is 0 Å². The average Bonchev–Trinajstić information content (AvgIpc) is 2.69. The Kier molecular flexibility index (Phi) is 3.61. The second-order valence-electron chi connectivity index (χ2n) is 4.05. The normalized spacial score (nSPS) is 12.4. The van der Waals surface area contributed by atoms with Crippen LogP contribution in [0.2, 0.25) is 0 Å². The van der Waals surface area contributed by atoms with Gasteiger partial charge in [-0.2, -0.15) is 0 Å². The predicted octanol–water partition coefficient (Wildman–Crippen LogP) is 3.95. The first-order chi connectivity index (χ1) is 8.06. The quantitative estimate of drug-likeness (QED) is 0.656. The second kappa shape index (κ2) is 5.00. The fourth-order valence-electron chi connectivity index (χ4n) is 1.66. The molecule has 0 spiro atoms. The summed E-state index contributed by atoms with van der Waals surface area (Å²) in [5, 5.41) is 3.34. The monoisotopic (exact) mass is 342 g/mol. The third-order valence-corrected chi connectivity index (χ3v) is 3.24. The van der Waals surface area contributed by atoms with E-state index in [0.29, 0.717) is 0 Å². The van der Waals surface area contributed by atoms with E-state index in [-0.39, 0.29) is 6.04 Å². The number of aryl methyl sites for hydroxylation is 1. The molecule has 1 aromatic carbocycles. The molecule has 2 aromatic rings. The number of rotatable bonds is 3. The van der Waals surface area contributed by atoms with Gasteiger partial charge in [0.15, 0.2) is 0 Å². The fraction of sp³-hybridized carbons (Fsp3) is 0.231. The summed E-state index contributed by atoms with van der Waals surface area (Å²) in [5.41, 5.74) is 7.65. The standard InChI is InChI=1S/C13H15IN2O/c1-8-3-6-13(17-8)9(2)16-12-5-4-10(14)7-11(12)15/h3-7,9,16H,15H2,1-2H3. The number of halogens is 1. The van der Waals surface area contributed by atoms with E-state index >= 15 is 0 Å². The number of furan rings is 1. The molecule has 0 amide bonds. The molecule has 0 saturated carbocycles. The van der Waals surface area contributed by atoms with Crippen molar-refractivity contribution < 1.29 is 4.42 Å². The zero-order valence-corrected chi connectivity index (χ0v) is 12.0. The number of nitrogens with one attached hydrogen (secondary N) is 1. The number of nitrogens with two attached hydrogens (primary N) is 1. The minimum absolute atomic E-state index is 0.103. The fourth-order valence-corrected chi connectivity index (χ4v) is 2.17. The maximum absolute atomic E-state index is 5.96. The lowest BCUT2D eigenvalue weighted by molar-refractivity contribution is 0.467. The van der Waals surface area contributed by atoms with Crippen LogP contribution in [0.1, 0.15) is 24.5 Å². The van der Waals surface area contributed by atoms with Crippen molar-refractivity contribution in [3.63, 3.8) is 0 Å². The molecule has 0 saturated heterocycles. The lowest BCUT2D eigenvalue weighted by Crippen LogP contribution is -2.07. The van der Waals surface area contributed by atoms with Crippen LogP contribution < -0.4 is 11.1 Å². The molecule has 0 aliphatic carbocycles. The Morgan fingerprint density at radius 2 is 2.06 bits per heavy atom. The molecule has 1 unspecified atom stereocenters. The van der Waals surface area contributed by atoms with Crippen molar-refractivity contribution >= 4 is 34.0 Å². The van der Waals surface area contributed by atoms with Gasteiger partial charge in [-0.1, -0.05) is 0 Å². The average molecular weight is 342 g/mol. The van der Waals surface area contributed by atoms with E-state index < -0.39 is 0 Å². The van der Waals surface area contributed by atoms with E-state index in [1.165, 1.54) is 0 Å². The zero-order chi connectivity index (χ0) is 12.4. The van der Waals surface area contributed by atoms with Crippen molar-refractivity contribution in [3.05, 3.63) is 45.4 Å². The molecule has 4 heteroatoms. The molecule has 1 aromatic heterocycles. The van der Waals surface area contributed by atoms with Gasteiger partial charge in [-0.05, 0) is 66.8 Å². The van der Waals surface area contributed by atoms with Gasteiger partial charge >= 0.3 is 0 Å². The van der Waals surface area contributed by atoms with E-state index in [0.717, 1.165) is 26.5 Å². The van der Waals surface area contributed by atoms with Gasteiger partial charge in [0.2, 0.25) is 0 Å². The highest BCUT2D eigenvalue weighted by Gasteiger charge is 2.10. The number of hydrogen-bond acceptors (Lipinski definition) is 3. The van der Waals surface area contributed by atoms with Gasteiger partial charge in [-0.25, -0.2) is 0 Å². The maximum Gasteiger partial charge on any atom is 0.126 e. The summed E-state index contributed by atoms with van der Waals surface area (Å²) in [6.45, 7) is 3.99. The van der Waals surface area contributed by atoms with Crippen LogP contribution in [-0.2, 0) is 0 Å². The molecule has 17 heavy (non-hydrogen) atoms. The molecule has 1 heterocycles. The summed E-state index contributed by atoms with van der Waals surface area (Å²) in [5.74, 6) is 1.84. The van der Waals surface area contributed by atoms with Crippen molar-refractivity contribution in [1.82, 2.24) is 0 Å². The molecule has 0 aliphatic rings. The van der Waals surface area contributed by atoms with Gasteiger partial charge in [0.1, 0.15) is 11.5 Å². The largest absolute Gasteiger partial charge is 0.464 e. The first-order valence-corrected chi connectivity index (χ1v) is 6.52. The Morgan fingerprint density at radius 3 is 2.65 bits per heavy atom. The predicted molar refractivity (Wildman–Crippen MR) is 79.1 cm³/mol. The van der Waals surface area contributed by atoms with E-state index in [2.05, 4.69) is 34.8 Å². The minimum Gasteiger partial charge on any atom is -0.464 e. The smallest absolute Gasteiger partial charge is 0.126 e. The molecular formula is C13H15IN2O. The van der Waals surface area contributed by atoms with E-state index in [9.17, 15) is 0 Å². The third kappa shape index (κ3) is 2.94. The molecule has 1 atom stereocenters. The molecule has 3 nitrogen and oxygen atoms in total. The van der Waals surface area contributed by atoms with Crippen LogP contribution in [0.3, 0.4) is 0 Å². The van der Waals surface area contributed by atoms with Crippen LogP contribution in [0.5, 0.6) is 0 Å².